The van der Waals surface area contributed by atoms with E-state index in [4.69, 9.17) is 16.3 Å². The molecule has 3 rings (SSSR count). The van der Waals surface area contributed by atoms with E-state index in [9.17, 15) is 18.0 Å². The Kier molecular flexibility index (Phi) is 6.28. The van der Waals surface area contributed by atoms with Gasteiger partial charge in [-0.3, -0.25) is 4.79 Å². The van der Waals surface area contributed by atoms with Crippen LogP contribution < -0.4 is 10.1 Å². The number of anilines is 1. The molecule has 2 aromatic carbocycles. The lowest BCUT2D eigenvalue weighted by Gasteiger charge is -2.14. The Hall–Kier alpha value is -2.79. The van der Waals surface area contributed by atoms with Gasteiger partial charge in [-0.1, -0.05) is 23.4 Å². The number of rotatable bonds is 6. The predicted octanol–water partition coefficient (Wildman–Crippen LogP) is 4.07. The summed E-state index contributed by atoms with van der Waals surface area (Å²) in [5.41, 5.74) is -0.760. The smallest absolute Gasteiger partial charge is 0.418 e. The lowest BCUT2D eigenvalue weighted by atomic mass is 10.1. The topological polar surface area (TPSA) is 81.9 Å². The van der Waals surface area contributed by atoms with Crippen molar-refractivity contribution < 1.29 is 22.7 Å². The maximum absolute atomic E-state index is 13.1. The van der Waals surface area contributed by atoms with Crippen molar-refractivity contribution in [3.63, 3.8) is 0 Å². The molecular formula is C17H13ClF3N5O2S. The van der Waals surface area contributed by atoms with Crippen LogP contribution >= 0.6 is 23.4 Å². The number of nitrogens with zero attached hydrogens (tertiary/aromatic N) is 4. The molecule has 0 saturated heterocycles. The number of halogens is 4. The number of amides is 1. The van der Waals surface area contributed by atoms with Crippen LogP contribution in [-0.2, 0) is 11.0 Å². The van der Waals surface area contributed by atoms with Crippen LogP contribution in [0.5, 0.6) is 5.75 Å². The molecule has 1 N–H and O–H groups in total. The molecule has 1 aromatic heterocycles. The van der Waals surface area contributed by atoms with Crippen LogP contribution in [0.25, 0.3) is 5.69 Å². The minimum Gasteiger partial charge on any atom is -0.497 e. The average Bonchev–Trinajstić information content (AvgIpc) is 3.15. The van der Waals surface area contributed by atoms with E-state index >= 15 is 0 Å². The molecule has 0 unspecified atom stereocenters. The van der Waals surface area contributed by atoms with Crippen molar-refractivity contribution in [2.24, 2.45) is 0 Å². The Labute approximate surface area is 172 Å². The molecule has 1 amide bonds. The number of carbonyl (C=O) groups excluding carboxylic acids is 1. The van der Waals surface area contributed by atoms with Crippen LogP contribution in [0, 0.1) is 0 Å². The van der Waals surface area contributed by atoms with Crippen LogP contribution in [0.15, 0.2) is 47.6 Å². The van der Waals surface area contributed by atoms with Crippen molar-refractivity contribution in [2.45, 2.75) is 11.3 Å². The highest BCUT2D eigenvalue weighted by Crippen LogP contribution is 2.36. The van der Waals surface area contributed by atoms with Gasteiger partial charge in [0.05, 0.1) is 29.8 Å². The zero-order chi connectivity index (χ0) is 21.0. The number of thioether (sulfide) groups is 1. The Morgan fingerprint density at radius 2 is 1.97 bits per heavy atom. The summed E-state index contributed by atoms with van der Waals surface area (Å²) in [6.07, 6.45) is -4.65. The zero-order valence-corrected chi connectivity index (χ0v) is 16.3. The van der Waals surface area contributed by atoms with Crippen LogP contribution in [0.3, 0.4) is 0 Å². The SMILES string of the molecule is COc1ccc(-n2nnnc2SCC(=O)Nc2ccc(Cl)cc2C(F)(F)F)cc1. The average molecular weight is 444 g/mol. The summed E-state index contributed by atoms with van der Waals surface area (Å²) in [5.74, 6) is -0.192. The van der Waals surface area contributed by atoms with Gasteiger partial charge in [0, 0.05) is 5.02 Å². The molecule has 0 spiro atoms. The number of methoxy groups -OCH3 is 1. The second-order valence-corrected chi connectivity index (χ2v) is 6.97. The third-order valence-corrected chi connectivity index (χ3v) is 4.81. The second-order valence-electron chi connectivity index (χ2n) is 5.60. The van der Waals surface area contributed by atoms with Crippen LogP contribution in [0.4, 0.5) is 18.9 Å². The first-order valence-electron chi connectivity index (χ1n) is 8.00. The molecule has 29 heavy (non-hydrogen) atoms. The van der Waals surface area contributed by atoms with E-state index in [0.29, 0.717) is 16.6 Å². The third kappa shape index (κ3) is 5.18. The highest BCUT2D eigenvalue weighted by Gasteiger charge is 2.34. The van der Waals surface area contributed by atoms with E-state index in [1.54, 1.807) is 24.3 Å². The van der Waals surface area contributed by atoms with Crippen molar-refractivity contribution in [3.8, 4) is 11.4 Å². The largest absolute Gasteiger partial charge is 0.497 e. The molecule has 0 aliphatic heterocycles. The fourth-order valence-corrected chi connectivity index (χ4v) is 3.19. The summed E-state index contributed by atoms with van der Waals surface area (Å²) >= 11 is 6.61. The molecule has 0 saturated carbocycles. The molecule has 0 aliphatic carbocycles. The van der Waals surface area contributed by atoms with Crippen molar-refractivity contribution >= 4 is 35.0 Å². The number of benzene rings is 2. The molecule has 3 aromatic rings. The molecule has 152 valence electrons. The molecule has 0 atom stereocenters. The van der Waals surface area contributed by atoms with E-state index in [1.165, 1.54) is 17.9 Å². The predicted molar refractivity (Wildman–Crippen MR) is 102 cm³/mol. The van der Waals surface area contributed by atoms with Gasteiger partial charge < -0.3 is 10.1 Å². The number of nitrogens with one attached hydrogen (secondary N) is 1. The molecular weight excluding hydrogens is 431 g/mol. The lowest BCUT2D eigenvalue weighted by Crippen LogP contribution is -2.18. The number of carbonyl (C=O) groups is 1. The minimum absolute atomic E-state index is 0.0802. The normalized spacial score (nSPS) is 11.3. The highest BCUT2D eigenvalue weighted by atomic mass is 35.5. The standard InChI is InChI=1S/C17H13ClF3N5O2S/c1-28-12-5-3-11(4-6-12)26-16(23-24-25-26)29-9-15(27)22-14-7-2-10(18)8-13(14)17(19,20)21/h2-8H,9H2,1H3,(H,22,27). The molecule has 12 heteroatoms. The number of tetrazole rings is 1. The Morgan fingerprint density at radius 3 is 2.62 bits per heavy atom. The lowest BCUT2D eigenvalue weighted by molar-refractivity contribution is -0.137. The van der Waals surface area contributed by atoms with Crippen molar-refractivity contribution in [3.05, 3.63) is 53.1 Å². The quantitative estimate of drug-likeness (QED) is 0.578. The van der Waals surface area contributed by atoms with Crippen molar-refractivity contribution in [1.82, 2.24) is 20.2 Å². The Morgan fingerprint density at radius 1 is 1.24 bits per heavy atom. The monoisotopic (exact) mass is 443 g/mol. The van der Waals surface area contributed by atoms with Crippen LogP contribution in [-0.4, -0.2) is 39.0 Å². The van der Waals surface area contributed by atoms with Gasteiger partial charge in [-0.15, -0.1) is 5.10 Å². The molecule has 0 fully saturated rings. The summed E-state index contributed by atoms with van der Waals surface area (Å²) in [6, 6.07) is 10.0. The Bertz CT molecular complexity index is 1010. The maximum atomic E-state index is 13.1. The highest BCUT2D eigenvalue weighted by molar-refractivity contribution is 7.99. The third-order valence-electron chi connectivity index (χ3n) is 3.65. The van der Waals surface area contributed by atoms with Gasteiger partial charge in [-0.05, 0) is 52.9 Å². The van der Waals surface area contributed by atoms with Gasteiger partial charge in [-0.2, -0.15) is 17.9 Å². The first-order chi connectivity index (χ1) is 13.8. The van der Waals surface area contributed by atoms with Crippen molar-refractivity contribution in [2.75, 3.05) is 18.2 Å². The first-order valence-corrected chi connectivity index (χ1v) is 9.36. The van der Waals surface area contributed by atoms with Crippen LogP contribution in [0.1, 0.15) is 5.56 Å². The molecule has 1 heterocycles. The minimum atomic E-state index is -4.65. The van der Waals surface area contributed by atoms with Crippen LogP contribution in [0.2, 0.25) is 5.02 Å². The molecule has 0 aliphatic rings. The van der Waals surface area contributed by atoms with E-state index in [-0.39, 0.29) is 16.5 Å². The van der Waals surface area contributed by atoms with Gasteiger partial charge in [0.1, 0.15) is 5.75 Å². The van der Waals surface area contributed by atoms with Gasteiger partial charge in [0.15, 0.2) is 0 Å². The van der Waals surface area contributed by atoms with E-state index < -0.39 is 17.6 Å². The number of ether oxygens (including phenoxy) is 1. The summed E-state index contributed by atoms with van der Waals surface area (Å²) in [5, 5.41) is 13.7. The molecule has 0 bridgehead atoms. The number of hydrogen-bond donors (Lipinski definition) is 1. The van der Waals surface area contributed by atoms with E-state index in [2.05, 4.69) is 20.8 Å². The van der Waals surface area contributed by atoms with Gasteiger partial charge >= 0.3 is 6.18 Å². The summed E-state index contributed by atoms with van der Waals surface area (Å²) in [7, 11) is 1.54. The van der Waals surface area contributed by atoms with Crippen molar-refractivity contribution in [1.29, 1.82) is 0 Å². The van der Waals surface area contributed by atoms with Gasteiger partial charge in [-0.25, -0.2) is 0 Å². The van der Waals surface area contributed by atoms with Gasteiger partial charge in [0.2, 0.25) is 11.1 Å². The number of aromatic nitrogens is 4. The van der Waals surface area contributed by atoms with E-state index in [1.807, 2.05) is 0 Å². The summed E-state index contributed by atoms with van der Waals surface area (Å²) in [4.78, 5) is 12.2. The van der Waals surface area contributed by atoms with E-state index in [0.717, 1.165) is 23.9 Å². The fourth-order valence-electron chi connectivity index (χ4n) is 2.33. The second kappa shape index (κ2) is 8.70. The first kappa shape index (κ1) is 20.9. The zero-order valence-electron chi connectivity index (χ0n) is 14.8. The van der Waals surface area contributed by atoms with Gasteiger partial charge in [0.25, 0.3) is 0 Å². The number of alkyl halides is 3. The fraction of sp³-hybridized carbons (Fsp3) is 0.176. The molecule has 7 nitrogen and oxygen atoms in total. The summed E-state index contributed by atoms with van der Waals surface area (Å²) < 4.78 is 45.9. The maximum Gasteiger partial charge on any atom is 0.418 e. The summed E-state index contributed by atoms with van der Waals surface area (Å²) in [6.45, 7) is 0. The molecule has 0 radical (unpaired) electrons. The Balaban J connectivity index is 1.69. The number of hydrogen-bond acceptors (Lipinski definition) is 6.